The fraction of sp³-hybridized carbons (Fsp3) is 0.714. The highest BCUT2D eigenvalue weighted by molar-refractivity contribution is 7.89. The lowest BCUT2D eigenvalue weighted by Gasteiger charge is -2.31. The molecular weight excluding hydrogens is 292 g/mol. The number of sulfonamides is 1. The van der Waals surface area contributed by atoms with Crippen molar-refractivity contribution in [1.82, 2.24) is 4.31 Å². The lowest BCUT2D eigenvalue weighted by molar-refractivity contribution is 0.0290. The van der Waals surface area contributed by atoms with E-state index in [1.165, 1.54) is 4.31 Å². The van der Waals surface area contributed by atoms with E-state index in [1.807, 2.05) is 6.92 Å². The maximum absolute atomic E-state index is 12.8. The van der Waals surface area contributed by atoms with E-state index in [1.54, 1.807) is 13.8 Å². The lowest BCUT2D eigenvalue weighted by atomic mass is 10.1. The maximum Gasteiger partial charge on any atom is 0.246 e. The maximum atomic E-state index is 12.8. The summed E-state index contributed by atoms with van der Waals surface area (Å²) in [5.74, 6) is 0.998. The molecule has 0 unspecified atom stereocenters. The highest BCUT2D eigenvalue weighted by atomic mass is 32.2. The van der Waals surface area contributed by atoms with Crippen LogP contribution in [0.2, 0.25) is 0 Å². The van der Waals surface area contributed by atoms with Crippen molar-refractivity contribution in [2.45, 2.75) is 51.2 Å². The summed E-state index contributed by atoms with van der Waals surface area (Å²) >= 11 is 0. The number of ether oxygens (including phenoxy) is 1. The van der Waals surface area contributed by atoms with E-state index in [0.717, 1.165) is 12.8 Å². The van der Waals surface area contributed by atoms with Gasteiger partial charge in [-0.2, -0.15) is 4.31 Å². The summed E-state index contributed by atoms with van der Waals surface area (Å²) in [6, 6.07) is 0. The van der Waals surface area contributed by atoms with Gasteiger partial charge in [0.25, 0.3) is 0 Å². The first-order chi connectivity index (χ1) is 9.91. The van der Waals surface area contributed by atoms with Crippen molar-refractivity contribution in [1.29, 1.82) is 0 Å². The standard InChI is InChI=1S/C14H24N2O4S/c1-4-19-12-5-7-16(8-6-12)21(17,18)14-11(3)20-10(2)13(14)9-15/h12H,4-9,15H2,1-3H3. The Bertz CT molecular complexity index is 586. The van der Waals surface area contributed by atoms with Gasteiger partial charge in [-0.05, 0) is 33.6 Å². The van der Waals surface area contributed by atoms with Gasteiger partial charge in [-0.15, -0.1) is 0 Å². The molecule has 2 heterocycles. The summed E-state index contributed by atoms with van der Waals surface area (Å²) in [5.41, 5.74) is 6.27. The van der Waals surface area contributed by atoms with Crippen LogP contribution in [0.1, 0.15) is 36.8 Å². The fourth-order valence-corrected chi connectivity index (χ4v) is 4.78. The average Bonchev–Trinajstić information content (AvgIpc) is 2.74. The van der Waals surface area contributed by atoms with E-state index in [4.69, 9.17) is 14.9 Å². The minimum atomic E-state index is -3.55. The molecule has 1 fully saturated rings. The summed E-state index contributed by atoms with van der Waals surface area (Å²) in [6.45, 7) is 7.14. The van der Waals surface area contributed by atoms with E-state index in [0.29, 0.717) is 36.8 Å². The SMILES string of the molecule is CCOC1CCN(S(=O)(=O)c2c(C)oc(C)c2CN)CC1. The van der Waals surface area contributed by atoms with Gasteiger partial charge < -0.3 is 14.9 Å². The Hall–Kier alpha value is -0.890. The Morgan fingerprint density at radius 3 is 2.43 bits per heavy atom. The first-order valence-corrected chi connectivity index (χ1v) is 8.76. The quantitative estimate of drug-likeness (QED) is 0.890. The van der Waals surface area contributed by atoms with Gasteiger partial charge in [-0.25, -0.2) is 8.42 Å². The second-order valence-electron chi connectivity index (χ2n) is 5.29. The molecule has 0 bridgehead atoms. The highest BCUT2D eigenvalue weighted by Crippen LogP contribution is 2.30. The predicted molar refractivity (Wildman–Crippen MR) is 79.5 cm³/mol. The third-order valence-electron chi connectivity index (χ3n) is 3.93. The number of nitrogens with two attached hydrogens (primary N) is 1. The molecule has 1 aromatic rings. The van der Waals surface area contributed by atoms with Crippen molar-refractivity contribution >= 4 is 10.0 Å². The zero-order chi connectivity index (χ0) is 15.6. The third kappa shape index (κ3) is 3.15. The normalized spacial score (nSPS) is 18.3. The molecular formula is C14H24N2O4S. The molecule has 0 aliphatic carbocycles. The zero-order valence-corrected chi connectivity index (χ0v) is 13.7. The number of furan rings is 1. The molecule has 1 aliphatic heterocycles. The van der Waals surface area contributed by atoms with Crippen LogP contribution in [0.25, 0.3) is 0 Å². The van der Waals surface area contributed by atoms with Crippen LogP contribution in [0.15, 0.2) is 9.31 Å². The number of nitrogens with zero attached hydrogens (tertiary/aromatic N) is 1. The Morgan fingerprint density at radius 2 is 1.90 bits per heavy atom. The van der Waals surface area contributed by atoms with Crippen molar-refractivity contribution in [2.75, 3.05) is 19.7 Å². The number of piperidine rings is 1. The molecule has 2 N–H and O–H groups in total. The summed E-state index contributed by atoms with van der Waals surface area (Å²) < 4.78 is 38.2. The molecule has 6 nitrogen and oxygen atoms in total. The van der Waals surface area contributed by atoms with E-state index in [-0.39, 0.29) is 17.5 Å². The molecule has 1 saturated heterocycles. The van der Waals surface area contributed by atoms with E-state index in [9.17, 15) is 8.42 Å². The number of rotatable bonds is 5. The molecule has 120 valence electrons. The summed E-state index contributed by atoms with van der Waals surface area (Å²) in [7, 11) is -3.55. The molecule has 1 aliphatic rings. The van der Waals surface area contributed by atoms with Crippen LogP contribution < -0.4 is 5.73 Å². The molecule has 7 heteroatoms. The minimum Gasteiger partial charge on any atom is -0.465 e. The second-order valence-corrected chi connectivity index (χ2v) is 7.16. The Balaban J connectivity index is 2.24. The van der Waals surface area contributed by atoms with Crippen LogP contribution in [0.3, 0.4) is 0 Å². The van der Waals surface area contributed by atoms with Gasteiger partial charge in [0.1, 0.15) is 16.4 Å². The second kappa shape index (κ2) is 6.48. The Morgan fingerprint density at radius 1 is 1.29 bits per heavy atom. The third-order valence-corrected chi connectivity index (χ3v) is 6.03. The fourth-order valence-electron chi connectivity index (χ4n) is 2.89. The number of aryl methyl sites for hydroxylation is 2. The first-order valence-electron chi connectivity index (χ1n) is 7.32. The van der Waals surface area contributed by atoms with E-state index >= 15 is 0 Å². The van der Waals surface area contributed by atoms with Crippen molar-refractivity contribution < 1.29 is 17.6 Å². The van der Waals surface area contributed by atoms with Gasteiger partial charge in [0.2, 0.25) is 10.0 Å². The molecule has 1 aromatic heterocycles. The highest BCUT2D eigenvalue weighted by Gasteiger charge is 2.34. The monoisotopic (exact) mass is 316 g/mol. The van der Waals surface area contributed by atoms with Crippen LogP contribution in [0.4, 0.5) is 0 Å². The van der Waals surface area contributed by atoms with Gasteiger partial charge >= 0.3 is 0 Å². The first kappa shape index (κ1) is 16.5. The molecule has 0 spiro atoms. The molecule has 0 saturated carbocycles. The Labute approximate surface area is 126 Å². The topological polar surface area (TPSA) is 85.8 Å². The summed E-state index contributed by atoms with van der Waals surface area (Å²) in [6.07, 6.45) is 1.60. The molecule has 21 heavy (non-hydrogen) atoms. The number of hydrogen-bond acceptors (Lipinski definition) is 5. The molecule has 0 aromatic carbocycles. The van der Waals surface area contributed by atoms with Crippen molar-refractivity contribution in [3.63, 3.8) is 0 Å². The van der Waals surface area contributed by atoms with Gasteiger partial charge in [-0.1, -0.05) is 0 Å². The van der Waals surface area contributed by atoms with Gasteiger partial charge in [0.05, 0.1) is 6.10 Å². The zero-order valence-electron chi connectivity index (χ0n) is 12.9. The van der Waals surface area contributed by atoms with E-state index < -0.39 is 10.0 Å². The van der Waals surface area contributed by atoms with Crippen LogP contribution in [-0.2, 0) is 21.3 Å². The lowest BCUT2D eigenvalue weighted by Crippen LogP contribution is -2.41. The molecule has 0 amide bonds. The van der Waals surface area contributed by atoms with Gasteiger partial charge in [-0.3, -0.25) is 0 Å². The minimum absolute atomic E-state index is 0.155. The van der Waals surface area contributed by atoms with Crippen LogP contribution in [-0.4, -0.2) is 38.5 Å². The van der Waals surface area contributed by atoms with Crippen LogP contribution >= 0.6 is 0 Å². The van der Waals surface area contributed by atoms with Crippen molar-refractivity contribution in [2.24, 2.45) is 5.73 Å². The molecule has 2 rings (SSSR count). The van der Waals surface area contributed by atoms with Gasteiger partial charge in [0.15, 0.2) is 0 Å². The molecule has 0 radical (unpaired) electrons. The largest absolute Gasteiger partial charge is 0.465 e. The number of hydrogen-bond donors (Lipinski definition) is 1. The van der Waals surface area contributed by atoms with Crippen molar-refractivity contribution in [3.8, 4) is 0 Å². The Kier molecular flexibility index (Phi) is 5.08. The predicted octanol–water partition coefficient (Wildman–Crippen LogP) is 1.54. The summed E-state index contributed by atoms with van der Waals surface area (Å²) in [4.78, 5) is 0.248. The average molecular weight is 316 g/mol. The smallest absolute Gasteiger partial charge is 0.246 e. The van der Waals surface area contributed by atoms with Gasteiger partial charge in [0, 0.05) is 31.8 Å². The van der Waals surface area contributed by atoms with Crippen LogP contribution in [0, 0.1) is 13.8 Å². The van der Waals surface area contributed by atoms with E-state index in [2.05, 4.69) is 0 Å². The van der Waals surface area contributed by atoms with Crippen LogP contribution in [0.5, 0.6) is 0 Å². The van der Waals surface area contributed by atoms with Crippen molar-refractivity contribution in [3.05, 3.63) is 17.1 Å². The molecule has 0 atom stereocenters. The summed E-state index contributed by atoms with van der Waals surface area (Å²) in [5, 5.41) is 0.